The Morgan fingerprint density at radius 1 is 1.21 bits per heavy atom. The van der Waals surface area contributed by atoms with Crippen LogP contribution in [-0.4, -0.2) is 10.9 Å². The molecule has 2 rings (SSSR count). The van der Waals surface area contributed by atoms with Crippen molar-refractivity contribution in [2.75, 3.05) is 0 Å². The average molecular weight is 263 g/mol. The molecule has 0 radical (unpaired) electrons. The number of benzene rings is 1. The zero-order chi connectivity index (χ0) is 14.0. The molecule has 19 heavy (non-hydrogen) atoms. The molecule has 0 unspecified atom stereocenters. The zero-order valence-electron chi connectivity index (χ0n) is 10.1. The molecule has 5 heteroatoms. The van der Waals surface area contributed by atoms with Gasteiger partial charge in [0.25, 0.3) is 5.56 Å². The van der Waals surface area contributed by atoms with Gasteiger partial charge in [0.2, 0.25) is 0 Å². The molecule has 1 heterocycles. The van der Waals surface area contributed by atoms with Crippen LogP contribution in [0.4, 0.5) is 8.78 Å². The Morgan fingerprint density at radius 2 is 1.95 bits per heavy atom. The molecule has 0 aliphatic heterocycles. The van der Waals surface area contributed by atoms with Crippen molar-refractivity contribution >= 4 is 6.29 Å². The van der Waals surface area contributed by atoms with Gasteiger partial charge in [-0.1, -0.05) is 6.07 Å². The predicted octanol–water partition coefficient (Wildman–Crippen LogP) is 2.55. The summed E-state index contributed by atoms with van der Waals surface area (Å²) >= 11 is 0. The maximum Gasteiger partial charge on any atom is 0.261 e. The van der Waals surface area contributed by atoms with E-state index >= 15 is 0 Å². The Balaban J connectivity index is 2.49. The lowest BCUT2D eigenvalue weighted by molar-refractivity contribution is 0.112. The third-order valence-electron chi connectivity index (χ3n) is 2.97. The summed E-state index contributed by atoms with van der Waals surface area (Å²) in [6.45, 7) is 1.67. The molecule has 0 amide bonds. The molecule has 98 valence electrons. The third-order valence-corrected chi connectivity index (χ3v) is 2.97. The fourth-order valence-corrected chi connectivity index (χ4v) is 1.85. The van der Waals surface area contributed by atoms with E-state index in [0.717, 1.165) is 12.1 Å². The number of pyridine rings is 1. The van der Waals surface area contributed by atoms with E-state index in [0.29, 0.717) is 11.8 Å². The SMILES string of the molecule is C[C@@H](c1ccc(F)c(F)c1)n1cccc(C=O)c1=O. The van der Waals surface area contributed by atoms with Crippen molar-refractivity contribution in [2.24, 2.45) is 0 Å². The molecule has 0 N–H and O–H groups in total. The van der Waals surface area contributed by atoms with Crippen LogP contribution in [0.1, 0.15) is 28.9 Å². The maximum absolute atomic E-state index is 13.2. The average Bonchev–Trinajstić information content (AvgIpc) is 2.41. The highest BCUT2D eigenvalue weighted by Gasteiger charge is 2.13. The topological polar surface area (TPSA) is 39.1 Å². The van der Waals surface area contributed by atoms with Crippen LogP contribution in [0, 0.1) is 11.6 Å². The van der Waals surface area contributed by atoms with Crippen LogP contribution in [0.15, 0.2) is 41.3 Å². The standard InChI is InChI=1S/C14H11F2NO2/c1-9(10-4-5-12(15)13(16)7-10)17-6-2-3-11(8-18)14(17)19/h2-9H,1H3/t9-/m0/s1. The highest BCUT2D eigenvalue weighted by atomic mass is 19.2. The fourth-order valence-electron chi connectivity index (χ4n) is 1.85. The Bertz CT molecular complexity index is 679. The molecule has 1 aromatic carbocycles. The molecular weight excluding hydrogens is 252 g/mol. The summed E-state index contributed by atoms with van der Waals surface area (Å²) in [6, 6.07) is 5.92. The second-order valence-electron chi connectivity index (χ2n) is 4.14. The van der Waals surface area contributed by atoms with Crippen molar-refractivity contribution in [2.45, 2.75) is 13.0 Å². The van der Waals surface area contributed by atoms with E-state index in [-0.39, 0.29) is 5.56 Å². The number of aldehydes is 1. The monoisotopic (exact) mass is 263 g/mol. The first kappa shape index (κ1) is 13.1. The molecule has 3 nitrogen and oxygen atoms in total. The van der Waals surface area contributed by atoms with Gasteiger partial charge in [-0.15, -0.1) is 0 Å². The minimum absolute atomic E-state index is 0.0249. The number of aromatic nitrogens is 1. The number of rotatable bonds is 3. The molecule has 0 aliphatic carbocycles. The molecule has 1 atom stereocenters. The molecular formula is C14H11F2NO2. The molecule has 2 aromatic rings. The first-order valence-corrected chi connectivity index (χ1v) is 5.66. The number of nitrogens with zero attached hydrogens (tertiary/aromatic N) is 1. The van der Waals surface area contributed by atoms with Gasteiger partial charge in [-0.2, -0.15) is 0 Å². The minimum Gasteiger partial charge on any atom is -0.308 e. The van der Waals surface area contributed by atoms with E-state index in [2.05, 4.69) is 0 Å². The number of hydrogen-bond donors (Lipinski definition) is 0. The number of halogens is 2. The van der Waals surface area contributed by atoms with Crippen molar-refractivity contribution in [3.8, 4) is 0 Å². The molecule has 0 bridgehead atoms. The summed E-state index contributed by atoms with van der Waals surface area (Å²) in [5, 5.41) is 0. The second-order valence-corrected chi connectivity index (χ2v) is 4.14. The van der Waals surface area contributed by atoms with Crippen LogP contribution >= 0.6 is 0 Å². The highest BCUT2D eigenvalue weighted by molar-refractivity contribution is 5.73. The van der Waals surface area contributed by atoms with Crippen LogP contribution in [0.25, 0.3) is 0 Å². The fraction of sp³-hybridized carbons (Fsp3) is 0.143. The van der Waals surface area contributed by atoms with Crippen LogP contribution < -0.4 is 5.56 Å². The number of hydrogen-bond acceptors (Lipinski definition) is 2. The molecule has 1 aromatic heterocycles. The third kappa shape index (κ3) is 2.45. The lowest BCUT2D eigenvalue weighted by Crippen LogP contribution is -2.26. The second kappa shape index (κ2) is 5.14. The quantitative estimate of drug-likeness (QED) is 0.798. The van der Waals surface area contributed by atoms with E-state index in [1.54, 1.807) is 13.0 Å². The Hall–Kier alpha value is -2.30. The predicted molar refractivity (Wildman–Crippen MR) is 66.3 cm³/mol. The minimum atomic E-state index is -0.969. The molecule has 0 aliphatic rings. The van der Waals surface area contributed by atoms with Crippen LogP contribution in [-0.2, 0) is 0 Å². The molecule has 0 fully saturated rings. The summed E-state index contributed by atoms with van der Waals surface area (Å²) in [4.78, 5) is 22.6. The van der Waals surface area contributed by atoms with Gasteiger partial charge in [-0.3, -0.25) is 9.59 Å². The van der Waals surface area contributed by atoms with Gasteiger partial charge < -0.3 is 4.57 Å². The normalized spacial score (nSPS) is 12.2. The van der Waals surface area contributed by atoms with Gasteiger partial charge in [-0.25, -0.2) is 8.78 Å². The van der Waals surface area contributed by atoms with Crippen LogP contribution in [0.2, 0.25) is 0 Å². The van der Waals surface area contributed by atoms with Gasteiger partial charge in [0.15, 0.2) is 17.9 Å². The van der Waals surface area contributed by atoms with Gasteiger partial charge >= 0.3 is 0 Å². The van der Waals surface area contributed by atoms with E-state index in [1.807, 2.05) is 0 Å². The van der Waals surface area contributed by atoms with Crippen molar-refractivity contribution in [1.29, 1.82) is 0 Å². The smallest absolute Gasteiger partial charge is 0.261 e. The van der Waals surface area contributed by atoms with Crippen molar-refractivity contribution in [3.05, 3.63) is 69.6 Å². The van der Waals surface area contributed by atoms with Crippen LogP contribution in [0.3, 0.4) is 0 Å². The Kier molecular flexibility index (Phi) is 3.55. The summed E-state index contributed by atoms with van der Waals surface area (Å²) in [6.07, 6.45) is 1.97. The van der Waals surface area contributed by atoms with Crippen molar-refractivity contribution in [3.63, 3.8) is 0 Å². The van der Waals surface area contributed by atoms with E-state index in [9.17, 15) is 18.4 Å². The van der Waals surface area contributed by atoms with Gasteiger partial charge in [0.1, 0.15) is 0 Å². The lowest BCUT2D eigenvalue weighted by Gasteiger charge is -2.16. The van der Waals surface area contributed by atoms with E-state index in [1.165, 1.54) is 22.9 Å². The van der Waals surface area contributed by atoms with Crippen LogP contribution in [0.5, 0.6) is 0 Å². The number of carbonyl (C=O) groups is 1. The highest BCUT2D eigenvalue weighted by Crippen LogP contribution is 2.18. The number of carbonyl (C=O) groups excluding carboxylic acids is 1. The van der Waals surface area contributed by atoms with E-state index < -0.39 is 23.2 Å². The van der Waals surface area contributed by atoms with Gasteiger partial charge in [0.05, 0.1) is 11.6 Å². The van der Waals surface area contributed by atoms with Gasteiger partial charge in [-0.05, 0) is 36.8 Å². The summed E-state index contributed by atoms with van der Waals surface area (Å²) in [5.41, 5.74) is 0.00992. The summed E-state index contributed by atoms with van der Waals surface area (Å²) in [7, 11) is 0. The van der Waals surface area contributed by atoms with Crippen molar-refractivity contribution in [1.82, 2.24) is 4.57 Å². The Labute approximate surface area is 108 Å². The summed E-state index contributed by atoms with van der Waals surface area (Å²) < 4.78 is 27.4. The van der Waals surface area contributed by atoms with Gasteiger partial charge in [0, 0.05) is 6.20 Å². The molecule has 0 saturated heterocycles. The lowest BCUT2D eigenvalue weighted by atomic mass is 10.1. The zero-order valence-corrected chi connectivity index (χ0v) is 10.1. The first-order chi connectivity index (χ1) is 9.04. The largest absolute Gasteiger partial charge is 0.308 e. The first-order valence-electron chi connectivity index (χ1n) is 5.66. The summed E-state index contributed by atoms with van der Waals surface area (Å²) in [5.74, 6) is -1.91. The Morgan fingerprint density at radius 3 is 2.58 bits per heavy atom. The van der Waals surface area contributed by atoms with Crippen molar-refractivity contribution < 1.29 is 13.6 Å². The van der Waals surface area contributed by atoms with E-state index in [4.69, 9.17) is 0 Å². The molecule has 0 saturated carbocycles. The maximum atomic E-state index is 13.2. The molecule has 0 spiro atoms.